The number of hydrogen-bond acceptors (Lipinski definition) is 4. The molecule has 1 aromatic heterocycles. The molecule has 0 N–H and O–H groups in total. The Morgan fingerprint density at radius 1 is 1.17 bits per heavy atom. The van der Waals surface area contributed by atoms with Crippen LogP contribution < -0.4 is 0 Å². The largest absolute Gasteiger partial charge is 0.401 e. The van der Waals surface area contributed by atoms with Gasteiger partial charge >= 0.3 is 6.18 Å². The van der Waals surface area contributed by atoms with Crippen molar-refractivity contribution in [2.45, 2.75) is 19.1 Å². The van der Waals surface area contributed by atoms with E-state index in [2.05, 4.69) is 10.1 Å². The average Bonchev–Trinajstić information content (AvgIpc) is 2.91. The van der Waals surface area contributed by atoms with Crippen LogP contribution in [0.1, 0.15) is 18.9 Å². The summed E-state index contributed by atoms with van der Waals surface area (Å²) in [6.45, 7) is 0.195. The topological polar surface area (TPSA) is 42.2 Å². The summed E-state index contributed by atoms with van der Waals surface area (Å²) >= 11 is 0. The molecule has 126 valence electrons. The van der Waals surface area contributed by atoms with Crippen molar-refractivity contribution >= 4 is 0 Å². The minimum absolute atomic E-state index is 0.170. The molecule has 0 aliphatic rings. The monoisotopic (exact) mass is 339 g/mol. The van der Waals surface area contributed by atoms with E-state index in [4.69, 9.17) is 4.52 Å². The summed E-state index contributed by atoms with van der Waals surface area (Å²) in [6, 6.07) is 0.446. The number of alkyl halides is 3. The van der Waals surface area contributed by atoms with Crippen molar-refractivity contribution in [1.82, 2.24) is 15.0 Å². The van der Waals surface area contributed by atoms with E-state index in [-0.39, 0.29) is 17.3 Å². The zero-order chi connectivity index (χ0) is 17.4. The summed E-state index contributed by atoms with van der Waals surface area (Å²) in [4.78, 5) is 4.72. The second-order valence-corrected chi connectivity index (χ2v) is 4.92. The molecule has 0 fully saturated rings. The Labute approximate surface area is 126 Å². The minimum atomic E-state index is -4.41. The Morgan fingerprint density at radius 2 is 1.74 bits per heavy atom. The lowest BCUT2D eigenvalue weighted by molar-refractivity contribution is -0.147. The highest BCUT2D eigenvalue weighted by atomic mass is 19.4. The van der Waals surface area contributed by atoms with E-state index in [0.29, 0.717) is 12.1 Å². The van der Waals surface area contributed by atoms with Gasteiger partial charge < -0.3 is 4.52 Å². The Kier molecular flexibility index (Phi) is 4.64. The molecule has 0 spiro atoms. The van der Waals surface area contributed by atoms with Crippen LogP contribution in [0.3, 0.4) is 0 Å². The van der Waals surface area contributed by atoms with Crippen LogP contribution >= 0.6 is 0 Å². The predicted molar refractivity (Wildman–Crippen MR) is 66.7 cm³/mol. The molecule has 1 atom stereocenters. The minimum Gasteiger partial charge on any atom is -0.337 e. The van der Waals surface area contributed by atoms with E-state index in [9.17, 15) is 26.3 Å². The van der Waals surface area contributed by atoms with Crippen LogP contribution in [0.5, 0.6) is 0 Å². The molecular weight excluding hydrogens is 328 g/mol. The van der Waals surface area contributed by atoms with Gasteiger partial charge in [0.2, 0.25) is 11.7 Å². The van der Waals surface area contributed by atoms with Crippen LogP contribution in [0.4, 0.5) is 26.3 Å². The highest BCUT2D eigenvalue weighted by Gasteiger charge is 2.32. The van der Waals surface area contributed by atoms with Crippen molar-refractivity contribution in [3.8, 4) is 11.4 Å². The molecule has 10 heteroatoms. The Morgan fingerprint density at radius 3 is 2.26 bits per heavy atom. The molecule has 0 saturated heterocycles. The molecule has 0 amide bonds. The second-order valence-electron chi connectivity index (χ2n) is 4.92. The first-order valence-corrected chi connectivity index (χ1v) is 6.34. The lowest BCUT2D eigenvalue weighted by Crippen LogP contribution is -2.33. The fourth-order valence-corrected chi connectivity index (χ4v) is 1.82. The Balaban J connectivity index is 2.24. The standard InChI is InChI=1S/C13H11F6N3O/c1-6(22(2)5-13(17,18)19)12-20-11(21-23-12)7-3-8(14)10(16)9(15)4-7/h3-4,6H,5H2,1-2H3/t6-/m0/s1. The highest BCUT2D eigenvalue weighted by molar-refractivity contribution is 5.54. The van der Waals surface area contributed by atoms with Gasteiger partial charge in [-0.15, -0.1) is 0 Å². The fourth-order valence-electron chi connectivity index (χ4n) is 1.82. The molecule has 23 heavy (non-hydrogen) atoms. The third kappa shape index (κ3) is 4.01. The molecule has 0 aliphatic carbocycles. The van der Waals surface area contributed by atoms with E-state index in [1.807, 2.05) is 0 Å². The maximum Gasteiger partial charge on any atom is 0.401 e. The normalized spacial score (nSPS) is 13.6. The van der Waals surface area contributed by atoms with E-state index < -0.39 is 36.2 Å². The first kappa shape index (κ1) is 17.3. The molecule has 0 aliphatic heterocycles. The zero-order valence-corrected chi connectivity index (χ0v) is 12.0. The van der Waals surface area contributed by atoms with Gasteiger partial charge in [0, 0.05) is 5.56 Å². The van der Waals surface area contributed by atoms with Gasteiger partial charge in [-0.3, -0.25) is 4.90 Å². The smallest absolute Gasteiger partial charge is 0.337 e. The van der Waals surface area contributed by atoms with Crippen molar-refractivity contribution in [3.05, 3.63) is 35.5 Å². The summed E-state index contributed by atoms with van der Waals surface area (Å²) in [5.74, 6) is -4.94. The Hall–Kier alpha value is -2.10. The molecule has 1 aromatic carbocycles. The van der Waals surface area contributed by atoms with Gasteiger partial charge in [0.15, 0.2) is 17.5 Å². The van der Waals surface area contributed by atoms with Crippen LogP contribution in [0.15, 0.2) is 16.7 Å². The van der Waals surface area contributed by atoms with Crippen molar-refractivity contribution in [2.24, 2.45) is 0 Å². The van der Waals surface area contributed by atoms with Crippen LogP contribution in [0.25, 0.3) is 11.4 Å². The van der Waals surface area contributed by atoms with E-state index >= 15 is 0 Å². The molecule has 1 heterocycles. The molecule has 0 bridgehead atoms. The summed E-state index contributed by atoms with van der Waals surface area (Å²) in [5, 5.41) is 3.45. The van der Waals surface area contributed by atoms with E-state index in [1.165, 1.54) is 14.0 Å². The van der Waals surface area contributed by atoms with Gasteiger partial charge in [-0.1, -0.05) is 5.16 Å². The van der Waals surface area contributed by atoms with Crippen LogP contribution in [-0.4, -0.2) is 34.8 Å². The molecule has 2 aromatic rings. The van der Waals surface area contributed by atoms with Crippen LogP contribution in [-0.2, 0) is 0 Å². The van der Waals surface area contributed by atoms with Gasteiger partial charge in [-0.05, 0) is 26.1 Å². The highest BCUT2D eigenvalue weighted by Crippen LogP contribution is 2.26. The number of hydrogen-bond donors (Lipinski definition) is 0. The van der Waals surface area contributed by atoms with Crippen molar-refractivity contribution in [1.29, 1.82) is 0 Å². The molecule has 0 saturated carbocycles. The average molecular weight is 339 g/mol. The SMILES string of the molecule is C[C@@H](c1nc(-c2cc(F)c(F)c(F)c2)no1)N(C)CC(F)(F)F. The van der Waals surface area contributed by atoms with Gasteiger partial charge in [-0.2, -0.15) is 18.2 Å². The lowest BCUT2D eigenvalue weighted by Gasteiger charge is -2.22. The van der Waals surface area contributed by atoms with Gasteiger partial charge in [0.05, 0.1) is 12.6 Å². The third-order valence-corrected chi connectivity index (χ3v) is 3.13. The molecule has 0 unspecified atom stereocenters. The first-order chi connectivity index (χ1) is 10.6. The van der Waals surface area contributed by atoms with Crippen molar-refractivity contribution in [3.63, 3.8) is 0 Å². The van der Waals surface area contributed by atoms with Gasteiger partial charge in [0.25, 0.3) is 0 Å². The van der Waals surface area contributed by atoms with Crippen LogP contribution in [0, 0.1) is 17.5 Å². The van der Waals surface area contributed by atoms with E-state index in [0.717, 1.165) is 4.90 Å². The quantitative estimate of drug-likeness (QED) is 0.629. The summed E-state index contributed by atoms with van der Waals surface area (Å²) in [6.07, 6.45) is -4.41. The van der Waals surface area contributed by atoms with Crippen LogP contribution in [0.2, 0.25) is 0 Å². The number of aromatic nitrogens is 2. The summed E-state index contributed by atoms with van der Waals surface area (Å²) < 4.78 is 81.1. The third-order valence-electron chi connectivity index (χ3n) is 3.13. The molecular formula is C13H11F6N3O. The maximum absolute atomic E-state index is 13.2. The lowest BCUT2D eigenvalue weighted by atomic mass is 10.2. The van der Waals surface area contributed by atoms with Gasteiger partial charge in [0.1, 0.15) is 0 Å². The number of rotatable bonds is 4. The molecule has 2 rings (SSSR count). The van der Waals surface area contributed by atoms with Crippen molar-refractivity contribution in [2.75, 3.05) is 13.6 Å². The number of benzene rings is 1. The fraction of sp³-hybridized carbons (Fsp3) is 0.385. The molecule has 4 nitrogen and oxygen atoms in total. The van der Waals surface area contributed by atoms with Gasteiger partial charge in [-0.25, -0.2) is 13.2 Å². The second kappa shape index (κ2) is 6.19. The number of nitrogens with zero attached hydrogens (tertiary/aromatic N) is 3. The van der Waals surface area contributed by atoms with E-state index in [1.54, 1.807) is 0 Å². The predicted octanol–water partition coefficient (Wildman–Crippen LogP) is 3.71. The molecule has 0 radical (unpaired) electrons. The first-order valence-electron chi connectivity index (χ1n) is 6.34. The maximum atomic E-state index is 13.2. The number of halogens is 6. The summed E-state index contributed by atoms with van der Waals surface area (Å²) in [5.41, 5.74) is -0.193. The summed E-state index contributed by atoms with van der Waals surface area (Å²) in [7, 11) is 1.21. The Bertz CT molecular complexity index is 676. The van der Waals surface area contributed by atoms with Crippen molar-refractivity contribution < 1.29 is 30.9 Å². The zero-order valence-electron chi connectivity index (χ0n) is 12.0.